The zero-order valence-corrected chi connectivity index (χ0v) is 13.9. The lowest BCUT2D eigenvalue weighted by Gasteiger charge is -2.20. The van der Waals surface area contributed by atoms with E-state index in [0.29, 0.717) is 11.5 Å². The highest BCUT2D eigenvalue weighted by Crippen LogP contribution is 2.47. The Morgan fingerprint density at radius 3 is 1.76 bits per heavy atom. The summed E-state index contributed by atoms with van der Waals surface area (Å²) in [6, 6.07) is 22.5. The molecule has 0 radical (unpaired) electrons. The summed E-state index contributed by atoms with van der Waals surface area (Å²) in [5, 5.41) is 11.1. The zero-order chi connectivity index (χ0) is 17.7. The van der Waals surface area contributed by atoms with Crippen molar-refractivity contribution in [2.45, 2.75) is 0 Å². The van der Waals surface area contributed by atoms with Crippen molar-refractivity contribution >= 4 is 18.6 Å². The van der Waals surface area contributed by atoms with Gasteiger partial charge in [-0.05, 0) is 30.3 Å². The first-order valence-corrected chi connectivity index (χ1v) is 8.95. The van der Waals surface area contributed by atoms with Crippen LogP contribution in [0.3, 0.4) is 0 Å². The molecule has 0 fully saturated rings. The van der Waals surface area contributed by atoms with E-state index >= 15 is 0 Å². The van der Waals surface area contributed by atoms with E-state index in [0.717, 1.165) is 0 Å². The summed E-state index contributed by atoms with van der Waals surface area (Å²) in [6.07, 6.45) is 0. The molecule has 3 aromatic rings. The van der Waals surface area contributed by atoms with E-state index in [1.807, 2.05) is 0 Å². The van der Waals surface area contributed by atoms with Gasteiger partial charge in [-0.15, -0.1) is 0 Å². The molecule has 0 spiro atoms. The van der Waals surface area contributed by atoms with Crippen LogP contribution in [0.2, 0.25) is 0 Å². The van der Waals surface area contributed by atoms with E-state index in [-0.39, 0.29) is 11.0 Å². The molecular formula is C18H14NO5P. The summed E-state index contributed by atoms with van der Waals surface area (Å²) in [6.45, 7) is 0. The molecule has 3 aromatic carbocycles. The lowest BCUT2D eigenvalue weighted by atomic mass is 10.3. The third kappa shape index (κ3) is 4.05. The Morgan fingerprint density at radius 1 is 0.760 bits per heavy atom. The predicted octanol–water partition coefficient (Wildman–Crippen LogP) is 4.57. The minimum Gasteiger partial charge on any atom is -0.413 e. The Kier molecular flexibility index (Phi) is 4.82. The van der Waals surface area contributed by atoms with E-state index in [1.54, 1.807) is 60.7 Å². The molecule has 0 amide bonds. The number of hydrogen-bond donors (Lipinski definition) is 0. The van der Waals surface area contributed by atoms with E-state index in [9.17, 15) is 14.7 Å². The fourth-order valence-electron chi connectivity index (χ4n) is 2.14. The molecule has 0 aromatic heterocycles. The number of rotatable bonds is 6. The maximum absolute atomic E-state index is 13.5. The molecule has 0 heterocycles. The van der Waals surface area contributed by atoms with Gasteiger partial charge >= 0.3 is 7.60 Å². The van der Waals surface area contributed by atoms with Crippen molar-refractivity contribution in [2.24, 2.45) is 0 Å². The van der Waals surface area contributed by atoms with E-state index < -0.39 is 12.5 Å². The Morgan fingerprint density at radius 2 is 1.28 bits per heavy atom. The van der Waals surface area contributed by atoms with Crippen LogP contribution in [0.1, 0.15) is 0 Å². The topological polar surface area (TPSA) is 78.7 Å². The standard InChI is InChI=1S/C18H14NO5P/c20-19(21)15-8-7-13-18(14-15)25(22,23-16-9-3-1-4-10-16)24-17-11-5-2-6-12-17/h1-14H. The number of nitro benzene ring substituents is 1. The molecule has 126 valence electrons. The van der Waals surface area contributed by atoms with Crippen molar-refractivity contribution in [2.75, 3.05) is 0 Å². The van der Waals surface area contributed by atoms with Crippen LogP contribution in [0.15, 0.2) is 84.9 Å². The maximum Gasteiger partial charge on any atom is 0.463 e. The lowest BCUT2D eigenvalue weighted by Crippen LogP contribution is -2.15. The molecule has 0 atom stereocenters. The third-order valence-electron chi connectivity index (χ3n) is 3.29. The summed E-state index contributed by atoms with van der Waals surface area (Å²) in [4.78, 5) is 10.5. The van der Waals surface area contributed by atoms with Gasteiger partial charge in [0.05, 0.1) is 10.2 Å². The number of non-ortho nitro benzene ring substituents is 1. The summed E-state index contributed by atoms with van der Waals surface area (Å²) in [7, 11) is -3.89. The van der Waals surface area contributed by atoms with Crippen molar-refractivity contribution in [3.05, 3.63) is 95.0 Å². The van der Waals surface area contributed by atoms with Crippen molar-refractivity contribution in [3.63, 3.8) is 0 Å². The van der Waals surface area contributed by atoms with E-state index in [4.69, 9.17) is 9.05 Å². The fraction of sp³-hybridized carbons (Fsp3) is 0. The minimum absolute atomic E-state index is 0.106. The molecule has 25 heavy (non-hydrogen) atoms. The molecule has 0 N–H and O–H groups in total. The van der Waals surface area contributed by atoms with Crippen LogP contribution in [-0.2, 0) is 4.57 Å². The zero-order valence-electron chi connectivity index (χ0n) is 13.0. The summed E-state index contributed by atoms with van der Waals surface area (Å²) in [5.41, 5.74) is -0.189. The largest absolute Gasteiger partial charge is 0.463 e. The average molecular weight is 355 g/mol. The van der Waals surface area contributed by atoms with Crippen LogP contribution in [0, 0.1) is 10.1 Å². The van der Waals surface area contributed by atoms with Crippen LogP contribution in [0.25, 0.3) is 0 Å². The average Bonchev–Trinajstić information content (AvgIpc) is 2.63. The highest BCUT2D eigenvalue weighted by atomic mass is 31.2. The smallest absolute Gasteiger partial charge is 0.413 e. The van der Waals surface area contributed by atoms with E-state index in [1.165, 1.54) is 24.3 Å². The van der Waals surface area contributed by atoms with E-state index in [2.05, 4.69) is 0 Å². The second-order valence-electron chi connectivity index (χ2n) is 5.08. The minimum atomic E-state index is -3.89. The van der Waals surface area contributed by atoms with Gasteiger partial charge in [0.1, 0.15) is 11.5 Å². The van der Waals surface area contributed by atoms with Crippen LogP contribution >= 0.6 is 7.60 Å². The monoisotopic (exact) mass is 355 g/mol. The maximum atomic E-state index is 13.5. The first-order valence-electron chi connectivity index (χ1n) is 7.41. The van der Waals surface area contributed by atoms with Crippen molar-refractivity contribution in [1.29, 1.82) is 0 Å². The number of nitrogens with zero attached hydrogens (tertiary/aromatic N) is 1. The van der Waals surface area contributed by atoms with Gasteiger partial charge in [-0.25, -0.2) is 4.57 Å². The summed E-state index contributed by atoms with van der Waals surface area (Å²) < 4.78 is 24.7. The molecule has 3 rings (SSSR count). The van der Waals surface area contributed by atoms with Gasteiger partial charge in [0.2, 0.25) is 0 Å². The summed E-state index contributed by atoms with van der Waals surface area (Å²) in [5.74, 6) is 0.682. The third-order valence-corrected chi connectivity index (χ3v) is 5.11. The highest BCUT2D eigenvalue weighted by Gasteiger charge is 2.32. The molecule has 0 aliphatic rings. The van der Waals surface area contributed by atoms with Gasteiger partial charge in [-0.2, -0.15) is 0 Å². The van der Waals surface area contributed by atoms with Crippen LogP contribution in [0.5, 0.6) is 11.5 Å². The highest BCUT2D eigenvalue weighted by molar-refractivity contribution is 7.63. The van der Waals surface area contributed by atoms with Gasteiger partial charge in [0.15, 0.2) is 0 Å². The second kappa shape index (κ2) is 7.20. The molecular weight excluding hydrogens is 341 g/mol. The van der Waals surface area contributed by atoms with Crippen molar-refractivity contribution in [3.8, 4) is 11.5 Å². The van der Waals surface area contributed by atoms with Gasteiger partial charge in [-0.1, -0.05) is 42.5 Å². The number of para-hydroxylation sites is 2. The number of nitro groups is 1. The van der Waals surface area contributed by atoms with Gasteiger partial charge in [0.25, 0.3) is 5.69 Å². The van der Waals surface area contributed by atoms with Gasteiger partial charge in [0, 0.05) is 12.1 Å². The predicted molar refractivity (Wildman–Crippen MR) is 94.5 cm³/mol. The number of benzene rings is 3. The molecule has 6 nitrogen and oxygen atoms in total. The molecule has 0 aliphatic carbocycles. The van der Waals surface area contributed by atoms with Crippen molar-refractivity contribution < 1.29 is 18.5 Å². The quantitative estimate of drug-likeness (QED) is 0.368. The molecule has 0 aliphatic heterocycles. The molecule has 7 heteroatoms. The van der Waals surface area contributed by atoms with Crippen LogP contribution in [-0.4, -0.2) is 4.92 Å². The Labute approximate surface area is 144 Å². The van der Waals surface area contributed by atoms with Crippen LogP contribution in [0.4, 0.5) is 5.69 Å². The lowest BCUT2D eigenvalue weighted by molar-refractivity contribution is -0.384. The first-order chi connectivity index (χ1) is 12.1. The Hall–Kier alpha value is -3.11. The Bertz CT molecular complexity index is 870. The molecule has 0 saturated carbocycles. The second-order valence-corrected chi connectivity index (χ2v) is 6.96. The van der Waals surface area contributed by atoms with Gasteiger partial charge in [-0.3, -0.25) is 10.1 Å². The molecule has 0 unspecified atom stereocenters. The van der Waals surface area contributed by atoms with Crippen LogP contribution < -0.4 is 14.4 Å². The molecule has 0 bridgehead atoms. The SMILES string of the molecule is O=[N+]([O-])c1cccc(P(=O)(Oc2ccccc2)Oc2ccccc2)c1. The number of hydrogen-bond acceptors (Lipinski definition) is 5. The Balaban J connectivity index is 2.03. The fourth-order valence-corrected chi connectivity index (χ4v) is 3.75. The summed E-state index contributed by atoms with van der Waals surface area (Å²) >= 11 is 0. The first kappa shape index (κ1) is 16.7. The normalized spacial score (nSPS) is 10.9. The van der Waals surface area contributed by atoms with Gasteiger partial charge < -0.3 is 9.05 Å². The van der Waals surface area contributed by atoms with Crippen molar-refractivity contribution in [1.82, 2.24) is 0 Å². The molecule has 0 saturated heterocycles.